The Hall–Kier alpha value is -2.16. The summed E-state index contributed by atoms with van der Waals surface area (Å²) in [6.45, 7) is 0.252. The van der Waals surface area contributed by atoms with Gasteiger partial charge in [0, 0.05) is 18.3 Å². The molecule has 2 aromatic rings. The minimum Gasteiger partial charge on any atom is -0.389 e. The van der Waals surface area contributed by atoms with E-state index < -0.39 is 11.7 Å². The third kappa shape index (κ3) is 3.69. The number of nitrogens with two attached hydrogens (primary N) is 1. The number of anilines is 1. The van der Waals surface area contributed by atoms with Crippen LogP contribution in [0.5, 0.6) is 0 Å². The van der Waals surface area contributed by atoms with Crippen molar-refractivity contribution in [1.82, 2.24) is 14.8 Å². The lowest BCUT2D eigenvalue weighted by Crippen LogP contribution is -2.16. The minimum atomic E-state index is -4.44. The molecule has 0 aliphatic rings. The van der Waals surface area contributed by atoms with E-state index in [2.05, 4.69) is 15.4 Å². The largest absolute Gasteiger partial charge is 0.416 e. The summed E-state index contributed by atoms with van der Waals surface area (Å²) in [6, 6.07) is 3.19. The molecule has 0 aliphatic carbocycles. The second-order valence-corrected chi connectivity index (χ2v) is 4.75. The van der Waals surface area contributed by atoms with Crippen LogP contribution in [0.3, 0.4) is 0 Å². The number of aromatic nitrogens is 3. The van der Waals surface area contributed by atoms with Crippen molar-refractivity contribution in [2.75, 3.05) is 5.32 Å². The summed E-state index contributed by atoms with van der Waals surface area (Å²) in [6.07, 6.45) is -2.92. The number of benzene rings is 1. The molecule has 9 heteroatoms. The molecule has 21 heavy (non-hydrogen) atoms. The molecule has 3 N–H and O–H groups in total. The van der Waals surface area contributed by atoms with Gasteiger partial charge in [-0.2, -0.15) is 18.3 Å². The average Bonchev–Trinajstić information content (AvgIpc) is 2.80. The molecule has 0 fully saturated rings. The fraction of sp³-hybridized carbons (Fsp3) is 0.250. The number of hydrogen-bond acceptors (Lipinski definition) is 4. The Labute approximate surface area is 124 Å². The minimum absolute atomic E-state index is 0.113. The van der Waals surface area contributed by atoms with E-state index in [1.165, 1.54) is 17.1 Å². The molecular weight excluding hydrogens is 303 g/mol. The van der Waals surface area contributed by atoms with Crippen LogP contribution in [-0.2, 0) is 19.8 Å². The molecule has 1 heterocycles. The van der Waals surface area contributed by atoms with E-state index in [0.29, 0.717) is 11.5 Å². The van der Waals surface area contributed by atoms with Gasteiger partial charge in [-0.3, -0.25) is 4.68 Å². The lowest BCUT2D eigenvalue weighted by atomic mass is 10.1. The number of nitrogens with one attached hydrogen (secondary N) is 1. The molecule has 1 aromatic heterocycles. The number of rotatable bonds is 4. The smallest absolute Gasteiger partial charge is 0.389 e. The Balaban J connectivity index is 2.24. The molecule has 0 saturated carbocycles. The quantitative estimate of drug-likeness (QED) is 0.846. The number of thiocarbonyl (C=S) groups is 1. The van der Waals surface area contributed by atoms with Crippen LogP contribution in [0.15, 0.2) is 24.5 Å². The molecule has 0 saturated heterocycles. The molecule has 2 rings (SSSR count). The Morgan fingerprint density at radius 2 is 2.14 bits per heavy atom. The van der Waals surface area contributed by atoms with Gasteiger partial charge in [0.15, 0.2) is 5.82 Å². The maximum Gasteiger partial charge on any atom is 0.416 e. The third-order valence-electron chi connectivity index (χ3n) is 2.70. The van der Waals surface area contributed by atoms with Gasteiger partial charge in [0.05, 0.1) is 12.1 Å². The standard InChI is InChI=1S/C12H12F3N5S/c1-20-6-18-10(19-20)5-17-9-3-2-7(12(13,14)15)4-8(9)11(16)21/h2-4,6,17H,5H2,1H3,(H2,16,21). The molecule has 0 spiro atoms. The van der Waals surface area contributed by atoms with E-state index in [1.54, 1.807) is 7.05 Å². The first-order valence-corrected chi connectivity index (χ1v) is 6.27. The highest BCUT2D eigenvalue weighted by Gasteiger charge is 2.31. The zero-order chi connectivity index (χ0) is 15.6. The van der Waals surface area contributed by atoms with Gasteiger partial charge in [0.2, 0.25) is 0 Å². The Morgan fingerprint density at radius 3 is 2.67 bits per heavy atom. The highest BCUT2D eigenvalue weighted by molar-refractivity contribution is 7.80. The number of alkyl halides is 3. The Bertz CT molecular complexity index is 665. The molecule has 0 amide bonds. The lowest BCUT2D eigenvalue weighted by molar-refractivity contribution is -0.137. The van der Waals surface area contributed by atoms with Crippen LogP contribution in [-0.4, -0.2) is 19.8 Å². The van der Waals surface area contributed by atoms with Crippen LogP contribution < -0.4 is 11.1 Å². The number of aryl methyl sites for hydroxylation is 1. The summed E-state index contributed by atoms with van der Waals surface area (Å²) >= 11 is 4.80. The molecule has 0 atom stereocenters. The van der Waals surface area contributed by atoms with Gasteiger partial charge in [0.25, 0.3) is 0 Å². The summed E-state index contributed by atoms with van der Waals surface area (Å²) in [5.41, 5.74) is 5.23. The first-order chi connectivity index (χ1) is 9.77. The summed E-state index contributed by atoms with van der Waals surface area (Å²) in [5, 5.41) is 6.99. The van der Waals surface area contributed by atoms with Crippen LogP contribution in [0, 0.1) is 0 Å². The van der Waals surface area contributed by atoms with E-state index in [4.69, 9.17) is 18.0 Å². The molecule has 1 aromatic carbocycles. The number of hydrogen-bond donors (Lipinski definition) is 2. The summed E-state index contributed by atoms with van der Waals surface area (Å²) < 4.78 is 39.6. The van der Waals surface area contributed by atoms with Crippen molar-refractivity contribution < 1.29 is 13.2 Å². The van der Waals surface area contributed by atoms with Gasteiger partial charge < -0.3 is 11.1 Å². The zero-order valence-corrected chi connectivity index (χ0v) is 11.8. The average molecular weight is 315 g/mol. The van der Waals surface area contributed by atoms with Crippen molar-refractivity contribution in [3.05, 3.63) is 41.5 Å². The van der Waals surface area contributed by atoms with Crippen molar-refractivity contribution in [3.8, 4) is 0 Å². The van der Waals surface area contributed by atoms with Gasteiger partial charge in [-0.05, 0) is 18.2 Å². The van der Waals surface area contributed by atoms with Crippen LogP contribution in [0.25, 0.3) is 0 Å². The molecule has 0 unspecified atom stereocenters. The van der Waals surface area contributed by atoms with Gasteiger partial charge in [0.1, 0.15) is 11.3 Å². The molecule has 5 nitrogen and oxygen atoms in total. The molecule has 0 bridgehead atoms. The van der Waals surface area contributed by atoms with Crippen LogP contribution in [0.4, 0.5) is 18.9 Å². The second-order valence-electron chi connectivity index (χ2n) is 4.31. The van der Waals surface area contributed by atoms with Crippen molar-refractivity contribution in [3.63, 3.8) is 0 Å². The molecular formula is C12H12F3N5S. The van der Waals surface area contributed by atoms with Gasteiger partial charge >= 0.3 is 6.18 Å². The zero-order valence-electron chi connectivity index (χ0n) is 11.0. The van der Waals surface area contributed by atoms with Gasteiger partial charge in [-0.1, -0.05) is 12.2 Å². The SMILES string of the molecule is Cn1cnc(CNc2ccc(C(F)(F)F)cc2C(N)=S)n1. The number of halogens is 3. The Kier molecular flexibility index (Phi) is 4.12. The van der Waals surface area contributed by atoms with Gasteiger partial charge in [-0.15, -0.1) is 0 Å². The van der Waals surface area contributed by atoms with Crippen molar-refractivity contribution >= 4 is 22.9 Å². The topological polar surface area (TPSA) is 68.8 Å². The van der Waals surface area contributed by atoms with Crippen LogP contribution in [0.2, 0.25) is 0 Å². The molecule has 0 radical (unpaired) electrons. The molecule has 0 aliphatic heterocycles. The monoisotopic (exact) mass is 315 g/mol. The van der Waals surface area contributed by atoms with Crippen molar-refractivity contribution in [1.29, 1.82) is 0 Å². The maximum atomic E-state index is 12.7. The van der Waals surface area contributed by atoms with Crippen molar-refractivity contribution in [2.45, 2.75) is 12.7 Å². The molecule has 112 valence electrons. The maximum absolute atomic E-state index is 12.7. The first kappa shape index (κ1) is 15.2. The Morgan fingerprint density at radius 1 is 1.43 bits per heavy atom. The van der Waals surface area contributed by atoms with E-state index in [-0.39, 0.29) is 17.1 Å². The van der Waals surface area contributed by atoms with E-state index in [1.807, 2.05) is 0 Å². The normalized spacial score (nSPS) is 11.4. The van der Waals surface area contributed by atoms with E-state index >= 15 is 0 Å². The van der Waals surface area contributed by atoms with Crippen LogP contribution >= 0.6 is 12.2 Å². The predicted molar refractivity (Wildman–Crippen MR) is 75.7 cm³/mol. The van der Waals surface area contributed by atoms with E-state index in [0.717, 1.165) is 12.1 Å². The summed E-state index contributed by atoms with van der Waals surface area (Å²) in [7, 11) is 1.72. The third-order valence-corrected chi connectivity index (χ3v) is 2.92. The lowest BCUT2D eigenvalue weighted by Gasteiger charge is -2.13. The highest BCUT2D eigenvalue weighted by Crippen LogP contribution is 2.31. The highest BCUT2D eigenvalue weighted by atomic mass is 32.1. The fourth-order valence-corrected chi connectivity index (χ4v) is 1.89. The fourth-order valence-electron chi connectivity index (χ4n) is 1.72. The number of nitrogens with zero attached hydrogens (tertiary/aromatic N) is 3. The van der Waals surface area contributed by atoms with E-state index in [9.17, 15) is 13.2 Å². The first-order valence-electron chi connectivity index (χ1n) is 5.87. The predicted octanol–water partition coefficient (Wildman–Crippen LogP) is 2.08. The summed E-state index contributed by atoms with van der Waals surface area (Å²) in [4.78, 5) is 3.89. The van der Waals surface area contributed by atoms with Gasteiger partial charge in [-0.25, -0.2) is 4.98 Å². The second kappa shape index (κ2) is 5.68. The van der Waals surface area contributed by atoms with Crippen molar-refractivity contribution in [2.24, 2.45) is 12.8 Å². The summed E-state index contributed by atoms with van der Waals surface area (Å²) in [5.74, 6) is 0.506. The van der Waals surface area contributed by atoms with Crippen LogP contribution in [0.1, 0.15) is 17.0 Å².